The van der Waals surface area contributed by atoms with Gasteiger partial charge in [0.2, 0.25) is 0 Å². The first-order valence-electron chi connectivity index (χ1n) is 10.7. The third kappa shape index (κ3) is 5.13. The van der Waals surface area contributed by atoms with Crippen molar-refractivity contribution in [3.05, 3.63) is 59.1 Å². The maximum absolute atomic E-state index is 12.2. The molecule has 0 unspecified atom stereocenters. The predicted molar refractivity (Wildman–Crippen MR) is 126 cm³/mol. The second-order valence-electron chi connectivity index (χ2n) is 8.65. The zero-order valence-electron chi connectivity index (χ0n) is 17.8. The van der Waals surface area contributed by atoms with E-state index in [1.54, 1.807) is 19.0 Å². The number of nitrogens with zero attached hydrogens (tertiary/aromatic N) is 3. The van der Waals surface area contributed by atoms with Gasteiger partial charge in [-0.15, -0.1) is 0 Å². The SMILES string of the molecule is CN(C)C(=O)c1ccc(N2CCC(CC3CN(Sc4ccccc4)C3)CC2)cc1Cl. The highest BCUT2D eigenvalue weighted by Crippen LogP contribution is 2.36. The molecule has 2 saturated heterocycles. The van der Waals surface area contributed by atoms with Crippen molar-refractivity contribution in [3.63, 3.8) is 0 Å². The molecule has 0 radical (unpaired) electrons. The topological polar surface area (TPSA) is 26.8 Å². The minimum atomic E-state index is -0.0507. The molecule has 2 aromatic rings. The number of halogens is 1. The van der Waals surface area contributed by atoms with E-state index in [0.29, 0.717) is 10.6 Å². The van der Waals surface area contributed by atoms with Crippen LogP contribution in [0.3, 0.4) is 0 Å². The lowest BCUT2D eigenvalue weighted by atomic mass is 9.84. The van der Waals surface area contributed by atoms with Gasteiger partial charge in [0.1, 0.15) is 0 Å². The highest BCUT2D eigenvalue weighted by molar-refractivity contribution is 7.97. The van der Waals surface area contributed by atoms with E-state index in [1.165, 1.54) is 37.2 Å². The molecule has 2 aliphatic heterocycles. The van der Waals surface area contributed by atoms with Crippen molar-refractivity contribution >= 4 is 35.1 Å². The Morgan fingerprint density at radius 2 is 1.77 bits per heavy atom. The van der Waals surface area contributed by atoms with Gasteiger partial charge in [0.25, 0.3) is 5.91 Å². The molecule has 1 amide bonds. The molecule has 0 aliphatic carbocycles. The van der Waals surface area contributed by atoms with Gasteiger partial charge in [-0.2, -0.15) is 0 Å². The van der Waals surface area contributed by atoms with E-state index < -0.39 is 0 Å². The van der Waals surface area contributed by atoms with Crippen LogP contribution < -0.4 is 4.90 Å². The molecule has 2 heterocycles. The molecule has 0 spiro atoms. The number of carbonyl (C=O) groups is 1. The van der Waals surface area contributed by atoms with E-state index in [2.05, 4.69) is 39.5 Å². The van der Waals surface area contributed by atoms with Crippen LogP contribution in [0, 0.1) is 11.8 Å². The Morgan fingerprint density at radius 3 is 2.40 bits per heavy atom. The van der Waals surface area contributed by atoms with Crippen molar-refractivity contribution < 1.29 is 4.79 Å². The molecule has 2 aliphatic rings. The standard InChI is InChI=1S/C24H30ClN3OS/c1-26(2)24(29)22-9-8-20(15-23(22)25)27-12-10-18(11-13-27)14-19-16-28(17-19)30-21-6-4-3-5-7-21/h3-9,15,18-19H,10-14,16-17H2,1-2H3. The second-order valence-corrected chi connectivity index (χ2v) is 10.2. The Bertz CT molecular complexity index is 862. The molecular formula is C24H30ClN3OS. The number of carbonyl (C=O) groups excluding carboxylic acids is 1. The molecule has 0 aromatic heterocycles. The Balaban J connectivity index is 1.22. The zero-order chi connectivity index (χ0) is 21.1. The van der Waals surface area contributed by atoms with Gasteiger partial charge >= 0.3 is 0 Å². The fraction of sp³-hybridized carbons (Fsp3) is 0.458. The van der Waals surface area contributed by atoms with Crippen LogP contribution >= 0.6 is 23.5 Å². The summed E-state index contributed by atoms with van der Waals surface area (Å²) in [5, 5.41) is 0.541. The van der Waals surface area contributed by atoms with Crippen LogP contribution in [0.5, 0.6) is 0 Å². The molecule has 4 nitrogen and oxygen atoms in total. The summed E-state index contributed by atoms with van der Waals surface area (Å²) in [4.78, 5) is 17.5. The molecular weight excluding hydrogens is 414 g/mol. The second kappa shape index (κ2) is 9.63. The third-order valence-corrected chi connectivity index (χ3v) is 7.49. The zero-order valence-corrected chi connectivity index (χ0v) is 19.3. The van der Waals surface area contributed by atoms with E-state index in [1.807, 2.05) is 30.1 Å². The largest absolute Gasteiger partial charge is 0.371 e. The van der Waals surface area contributed by atoms with E-state index in [4.69, 9.17) is 11.6 Å². The van der Waals surface area contributed by atoms with E-state index >= 15 is 0 Å². The van der Waals surface area contributed by atoms with Crippen LogP contribution in [0.2, 0.25) is 5.02 Å². The minimum Gasteiger partial charge on any atom is -0.371 e. The van der Waals surface area contributed by atoms with Crippen molar-refractivity contribution in [1.82, 2.24) is 9.21 Å². The van der Waals surface area contributed by atoms with Crippen molar-refractivity contribution in [2.24, 2.45) is 11.8 Å². The van der Waals surface area contributed by atoms with E-state index in [-0.39, 0.29) is 5.91 Å². The maximum Gasteiger partial charge on any atom is 0.254 e. The monoisotopic (exact) mass is 443 g/mol. The lowest BCUT2D eigenvalue weighted by molar-refractivity contribution is 0.0828. The number of rotatable bonds is 6. The summed E-state index contributed by atoms with van der Waals surface area (Å²) >= 11 is 8.29. The van der Waals surface area contributed by atoms with Crippen LogP contribution in [-0.4, -0.2) is 55.4 Å². The van der Waals surface area contributed by atoms with Crippen molar-refractivity contribution in [1.29, 1.82) is 0 Å². The van der Waals surface area contributed by atoms with Crippen LogP contribution in [0.1, 0.15) is 29.6 Å². The molecule has 6 heteroatoms. The number of anilines is 1. The summed E-state index contributed by atoms with van der Waals surface area (Å²) in [6, 6.07) is 16.5. The Hall–Kier alpha value is -1.69. The minimum absolute atomic E-state index is 0.0507. The van der Waals surface area contributed by atoms with Gasteiger partial charge in [-0.3, -0.25) is 4.79 Å². The quantitative estimate of drug-likeness (QED) is 0.567. The summed E-state index contributed by atoms with van der Waals surface area (Å²) in [5.74, 6) is 1.61. The summed E-state index contributed by atoms with van der Waals surface area (Å²) in [6.45, 7) is 4.54. The van der Waals surface area contributed by atoms with E-state index in [9.17, 15) is 4.79 Å². The Labute approximate surface area is 189 Å². The van der Waals surface area contributed by atoms with Crippen LogP contribution in [0.4, 0.5) is 5.69 Å². The van der Waals surface area contributed by atoms with Crippen molar-refractivity contribution in [2.75, 3.05) is 45.2 Å². The van der Waals surface area contributed by atoms with Gasteiger partial charge in [-0.05, 0) is 73.4 Å². The van der Waals surface area contributed by atoms with Gasteiger partial charge in [-0.25, -0.2) is 4.31 Å². The van der Waals surface area contributed by atoms with Crippen molar-refractivity contribution in [3.8, 4) is 0 Å². The van der Waals surface area contributed by atoms with Gasteiger partial charge in [-0.1, -0.05) is 29.8 Å². The van der Waals surface area contributed by atoms with Crippen LogP contribution in [0.15, 0.2) is 53.4 Å². The molecule has 0 atom stereocenters. The van der Waals surface area contributed by atoms with Gasteiger partial charge in [0.15, 0.2) is 0 Å². The molecule has 2 aromatic carbocycles. The molecule has 30 heavy (non-hydrogen) atoms. The third-order valence-electron chi connectivity index (χ3n) is 6.14. The molecule has 0 bridgehead atoms. The average molecular weight is 444 g/mol. The summed E-state index contributed by atoms with van der Waals surface area (Å²) in [6.07, 6.45) is 3.81. The lowest BCUT2D eigenvalue weighted by Crippen LogP contribution is -2.44. The number of amides is 1. The first kappa shape index (κ1) is 21.5. The molecule has 4 rings (SSSR count). The smallest absolute Gasteiger partial charge is 0.254 e. The number of piperidine rings is 1. The van der Waals surface area contributed by atoms with Crippen LogP contribution in [0.25, 0.3) is 0 Å². The summed E-state index contributed by atoms with van der Waals surface area (Å²) < 4.78 is 2.48. The average Bonchev–Trinajstić information content (AvgIpc) is 2.73. The summed E-state index contributed by atoms with van der Waals surface area (Å²) in [5.41, 5.74) is 1.70. The Kier molecular flexibility index (Phi) is 6.91. The molecule has 2 fully saturated rings. The highest BCUT2D eigenvalue weighted by atomic mass is 35.5. The van der Waals surface area contributed by atoms with Gasteiger partial charge in [0, 0.05) is 50.9 Å². The van der Waals surface area contributed by atoms with E-state index in [0.717, 1.165) is 30.6 Å². The highest BCUT2D eigenvalue weighted by Gasteiger charge is 2.31. The normalized spacial score (nSPS) is 18.3. The fourth-order valence-electron chi connectivity index (χ4n) is 4.39. The van der Waals surface area contributed by atoms with Gasteiger partial charge in [0.05, 0.1) is 10.6 Å². The number of hydrogen-bond donors (Lipinski definition) is 0. The maximum atomic E-state index is 12.2. The molecule has 0 saturated carbocycles. The van der Waals surface area contributed by atoms with Gasteiger partial charge < -0.3 is 9.80 Å². The summed E-state index contributed by atoms with van der Waals surface area (Å²) in [7, 11) is 3.50. The fourth-order valence-corrected chi connectivity index (χ4v) is 5.79. The predicted octanol–water partition coefficient (Wildman–Crippen LogP) is 5.29. The molecule has 0 N–H and O–H groups in total. The number of benzene rings is 2. The first-order chi connectivity index (χ1) is 14.5. The van der Waals surface area contributed by atoms with Crippen LogP contribution in [-0.2, 0) is 0 Å². The van der Waals surface area contributed by atoms with Crippen molar-refractivity contribution in [2.45, 2.75) is 24.2 Å². The number of hydrogen-bond acceptors (Lipinski definition) is 4. The first-order valence-corrected chi connectivity index (χ1v) is 11.9. The lowest BCUT2D eigenvalue weighted by Gasteiger charge is -2.41. The molecule has 160 valence electrons. The Morgan fingerprint density at radius 1 is 1.07 bits per heavy atom.